The highest BCUT2D eigenvalue weighted by molar-refractivity contribution is 7.92. The van der Waals surface area contributed by atoms with E-state index in [1.54, 1.807) is 53.4 Å². The Bertz CT molecular complexity index is 863. The van der Waals surface area contributed by atoms with Gasteiger partial charge in [-0.25, -0.2) is 8.42 Å². The first-order chi connectivity index (χ1) is 12.3. The number of hydrogen-bond acceptors (Lipinski definition) is 3. The van der Waals surface area contributed by atoms with Crippen molar-refractivity contribution >= 4 is 33.2 Å². The second-order valence-electron chi connectivity index (χ2n) is 5.87. The summed E-state index contributed by atoms with van der Waals surface area (Å²) in [6.45, 7) is 6.36. The lowest BCUT2D eigenvalue weighted by Gasteiger charge is -2.27. The standard InChI is InChI=1S/C19H23ClN2O3S/c1-4-21(5-2)19(23)14-22(17-8-6-7-16(20)13-17)26(24,25)18-11-9-15(3)10-12-18/h6-13H,4-5,14H2,1-3H3. The fourth-order valence-electron chi connectivity index (χ4n) is 2.58. The molecule has 0 bridgehead atoms. The molecule has 0 spiro atoms. The van der Waals surface area contributed by atoms with Crippen LogP contribution in [0.3, 0.4) is 0 Å². The van der Waals surface area contributed by atoms with Crippen molar-refractivity contribution in [2.75, 3.05) is 23.9 Å². The third-order valence-electron chi connectivity index (χ3n) is 4.10. The summed E-state index contributed by atoms with van der Waals surface area (Å²) in [4.78, 5) is 14.3. The lowest BCUT2D eigenvalue weighted by molar-refractivity contribution is -0.129. The maximum Gasteiger partial charge on any atom is 0.264 e. The van der Waals surface area contributed by atoms with E-state index in [1.807, 2.05) is 20.8 Å². The summed E-state index contributed by atoms with van der Waals surface area (Å²) in [7, 11) is -3.91. The summed E-state index contributed by atoms with van der Waals surface area (Å²) in [5, 5.41) is 0.405. The lowest BCUT2D eigenvalue weighted by atomic mass is 10.2. The first-order valence-corrected chi connectivity index (χ1v) is 10.2. The topological polar surface area (TPSA) is 57.7 Å². The van der Waals surface area contributed by atoms with Crippen molar-refractivity contribution in [3.05, 3.63) is 59.1 Å². The van der Waals surface area contributed by atoms with Gasteiger partial charge < -0.3 is 4.90 Å². The number of amides is 1. The molecule has 0 aliphatic carbocycles. The van der Waals surface area contributed by atoms with Crippen molar-refractivity contribution < 1.29 is 13.2 Å². The Morgan fingerprint density at radius 3 is 2.19 bits per heavy atom. The molecular weight excluding hydrogens is 372 g/mol. The second-order valence-corrected chi connectivity index (χ2v) is 8.17. The van der Waals surface area contributed by atoms with Crippen LogP contribution in [-0.2, 0) is 14.8 Å². The average Bonchev–Trinajstić information content (AvgIpc) is 2.61. The molecule has 0 atom stereocenters. The molecule has 0 saturated heterocycles. The van der Waals surface area contributed by atoms with Crippen molar-refractivity contribution in [3.63, 3.8) is 0 Å². The third kappa shape index (κ3) is 4.56. The largest absolute Gasteiger partial charge is 0.342 e. The molecule has 0 fully saturated rings. The van der Waals surface area contributed by atoms with E-state index in [0.29, 0.717) is 23.8 Å². The van der Waals surface area contributed by atoms with Crippen LogP contribution in [0.2, 0.25) is 5.02 Å². The van der Waals surface area contributed by atoms with Crippen LogP contribution < -0.4 is 4.31 Å². The van der Waals surface area contributed by atoms with E-state index in [4.69, 9.17) is 11.6 Å². The number of rotatable bonds is 7. The van der Waals surface area contributed by atoms with Crippen LogP contribution >= 0.6 is 11.6 Å². The van der Waals surface area contributed by atoms with Gasteiger partial charge in [0.2, 0.25) is 5.91 Å². The summed E-state index contributed by atoms with van der Waals surface area (Å²) in [6, 6.07) is 13.1. The number of carbonyl (C=O) groups is 1. The summed E-state index contributed by atoms with van der Waals surface area (Å²) in [5.74, 6) is -0.259. The van der Waals surface area contributed by atoms with Crippen molar-refractivity contribution in [2.45, 2.75) is 25.7 Å². The predicted molar refractivity (Wildman–Crippen MR) is 105 cm³/mol. The molecule has 0 N–H and O–H groups in total. The molecule has 1 amide bonds. The fraction of sp³-hybridized carbons (Fsp3) is 0.316. The molecule has 7 heteroatoms. The van der Waals surface area contributed by atoms with Crippen molar-refractivity contribution in [2.24, 2.45) is 0 Å². The normalized spacial score (nSPS) is 11.2. The zero-order valence-corrected chi connectivity index (χ0v) is 16.7. The van der Waals surface area contributed by atoms with Gasteiger partial charge in [-0.05, 0) is 51.1 Å². The van der Waals surface area contributed by atoms with E-state index >= 15 is 0 Å². The Hall–Kier alpha value is -2.05. The molecule has 5 nitrogen and oxygen atoms in total. The average molecular weight is 395 g/mol. The molecule has 0 saturated carbocycles. The van der Waals surface area contributed by atoms with Gasteiger partial charge in [-0.3, -0.25) is 9.10 Å². The molecule has 2 rings (SSSR count). The van der Waals surface area contributed by atoms with Crippen molar-refractivity contribution in [1.82, 2.24) is 4.90 Å². The minimum atomic E-state index is -3.91. The Morgan fingerprint density at radius 2 is 1.65 bits per heavy atom. The minimum Gasteiger partial charge on any atom is -0.342 e. The molecule has 140 valence electrons. The van der Waals surface area contributed by atoms with E-state index in [-0.39, 0.29) is 17.3 Å². The molecule has 0 radical (unpaired) electrons. The highest BCUT2D eigenvalue weighted by atomic mass is 35.5. The summed E-state index contributed by atoms with van der Waals surface area (Å²) >= 11 is 6.04. The Balaban J connectivity index is 2.49. The van der Waals surface area contributed by atoms with Crippen molar-refractivity contribution in [1.29, 1.82) is 0 Å². The molecule has 0 aliphatic rings. The zero-order chi connectivity index (χ0) is 19.3. The van der Waals surface area contributed by atoms with Gasteiger partial charge in [0, 0.05) is 18.1 Å². The predicted octanol–water partition coefficient (Wildman–Crippen LogP) is 3.71. The summed E-state index contributed by atoms with van der Waals surface area (Å²) < 4.78 is 27.5. The van der Waals surface area contributed by atoms with E-state index in [9.17, 15) is 13.2 Å². The quantitative estimate of drug-likeness (QED) is 0.719. The van der Waals surface area contributed by atoms with E-state index in [2.05, 4.69) is 0 Å². The second kappa shape index (κ2) is 8.56. The molecule has 2 aromatic rings. The van der Waals surface area contributed by atoms with Gasteiger partial charge in [0.25, 0.3) is 10.0 Å². The monoisotopic (exact) mass is 394 g/mol. The Kier molecular flexibility index (Phi) is 6.67. The Morgan fingerprint density at radius 1 is 1.04 bits per heavy atom. The van der Waals surface area contributed by atoms with Crippen LogP contribution in [0, 0.1) is 6.92 Å². The number of hydrogen-bond donors (Lipinski definition) is 0. The van der Waals surface area contributed by atoms with E-state index in [0.717, 1.165) is 9.87 Å². The van der Waals surface area contributed by atoms with E-state index < -0.39 is 10.0 Å². The zero-order valence-electron chi connectivity index (χ0n) is 15.1. The molecule has 0 unspecified atom stereocenters. The van der Waals surface area contributed by atoms with Crippen LogP contribution in [0.25, 0.3) is 0 Å². The number of halogens is 1. The first-order valence-electron chi connectivity index (χ1n) is 8.42. The number of likely N-dealkylation sites (N-methyl/N-ethyl adjacent to an activating group) is 1. The van der Waals surface area contributed by atoms with Gasteiger partial charge in [-0.1, -0.05) is 35.4 Å². The van der Waals surface area contributed by atoms with Gasteiger partial charge in [-0.2, -0.15) is 0 Å². The molecule has 0 aliphatic heterocycles. The molecule has 0 aromatic heterocycles. The molecular formula is C19H23ClN2O3S. The molecule has 2 aromatic carbocycles. The van der Waals surface area contributed by atoms with E-state index in [1.165, 1.54) is 0 Å². The number of aryl methyl sites for hydroxylation is 1. The smallest absolute Gasteiger partial charge is 0.264 e. The fourth-order valence-corrected chi connectivity index (χ4v) is 4.17. The maximum absolute atomic E-state index is 13.2. The SMILES string of the molecule is CCN(CC)C(=O)CN(c1cccc(Cl)c1)S(=O)(=O)c1ccc(C)cc1. The van der Waals surface area contributed by atoms with Crippen LogP contribution in [0.1, 0.15) is 19.4 Å². The maximum atomic E-state index is 13.2. The molecule has 0 heterocycles. The van der Waals surface area contributed by atoms with Gasteiger partial charge in [0.05, 0.1) is 10.6 Å². The number of carbonyl (C=O) groups excluding carboxylic acids is 1. The highest BCUT2D eigenvalue weighted by Crippen LogP contribution is 2.26. The van der Waals surface area contributed by atoms with Crippen LogP contribution in [0.4, 0.5) is 5.69 Å². The first kappa shape index (κ1) is 20.3. The van der Waals surface area contributed by atoms with Gasteiger partial charge >= 0.3 is 0 Å². The highest BCUT2D eigenvalue weighted by Gasteiger charge is 2.28. The number of benzene rings is 2. The molecule has 26 heavy (non-hydrogen) atoms. The minimum absolute atomic E-state index is 0.135. The Labute approximate surface area is 160 Å². The van der Waals surface area contributed by atoms with Crippen molar-refractivity contribution in [3.8, 4) is 0 Å². The van der Waals surface area contributed by atoms with Crippen LogP contribution in [-0.4, -0.2) is 38.9 Å². The van der Waals surface area contributed by atoms with Gasteiger partial charge in [0.1, 0.15) is 6.54 Å². The summed E-state index contributed by atoms with van der Waals surface area (Å²) in [6.07, 6.45) is 0. The lowest BCUT2D eigenvalue weighted by Crippen LogP contribution is -2.43. The van der Waals surface area contributed by atoms with Gasteiger partial charge in [0.15, 0.2) is 0 Å². The summed E-state index contributed by atoms with van der Waals surface area (Å²) in [5.41, 5.74) is 1.32. The number of sulfonamides is 1. The van der Waals surface area contributed by atoms with Gasteiger partial charge in [-0.15, -0.1) is 0 Å². The third-order valence-corrected chi connectivity index (χ3v) is 6.12. The number of anilines is 1. The number of nitrogens with zero attached hydrogens (tertiary/aromatic N) is 2. The van der Waals surface area contributed by atoms with Crippen LogP contribution in [0.5, 0.6) is 0 Å². The van der Waals surface area contributed by atoms with Crippen LogP contribution in [0.15, 0.2) is 53.4 Å².